The Kier molecular flexibility index (Phi) is 4.47. The van der Waals surface area contributed by atoms with Gasteiger partial charge in [-0.15, -0.1) is 4.65 Å². The number of aromatic amines is 1. The molecule has 0 radical (unpaired) electrons. The lowest BCUT2D eigenvalue weighted by atomic mass is 9.74. The van der Waals surface area contributed by atoms with Crippen molar-refractivity contribution in [2.75, 3.05) is 33.0 Å². The summed E-state index contributed by atoms with van der Waals surface area (Å²) in [5.74, 6) is 0.157. The highest BCUT2D eigenvalue weighted by molar-refractivity contribution is 5.90. The number of hydrogen-bond donors (Lipinski definition) is 3. The Morgan fingerprint density at radius 3 is 2.83 bits per heavy atom. The number of likely N-dealkylation sites (N-methyl/N-ethyl adjacent to an activating group) is 1. The number of nitrogens with zero attached hydrogens (tertiary/aromatic N) is 2. The van der Waals surface area contributed by atoms with Gasteiger partial charge in [-0.2, -0.15) is 0 Å². The number of quaternary nitrogens is 1. The van der Waals surface area contributed by atoms with E-state index in [2.05, 4.69) is 46.6 Å². The lowest BCUT2D eigenvalue weighted by molar-refractivity contribution is -1.00. The van der Waals surface area contributed by atoms with Crippen molar-refractivity contribution in [1.29, 1.82) is 0 Å². The minimum absolute atomic E-state index is 0.286. The van der Waals surface area contributed by atoms with Gasteiger partial charge in [-0.3, -0.25) is 0 Å². The molecule has 0 bridgehead atoms. The van der Waals surface area contributed by atoms with E-state index in [0.29, 0.717) is 17.5 Å². The van der Waals surface area contributed by atoms with Crippen LogP contribution < -0.4 is 5.32 Å². The maximum atomic E-state index is 12.4. The van der Waals surface area contributed by atoms with Crippen molar-refractivity contribution in [2.24, 2.45) is 0 Å². The van der Waals surface area contributed by atoms with Crippen molar-refractivity contribution in [3.8, 4) is 0 Å². The SMILES string of the molecule is CN1C[C@H](Nc2cccc(C(=O)[N+](C)(C)O)c2)C[C@H]2c3cccc4[nH]cc(c34)C[C@H]21. The first kappa shape index (κ1) is 19.3. The third kappa shape index (κ3) is 3.21. The van der Waals surface area contributed by atoms with Gasteiger partial charge in [-0.1, -0.05) is 18.2 Å². The molecule has 5 rings (SSSR count). The molecule has 156 valence electrons. The highest BCUT2D eigenvalue weighted by atomic mass is 16.6. The van der Waals surface area contributed by atoms with Crippen LogP contribution in [0.25, 0.3) is 10.9 Å². The molecule has 2 aromatic carbocycles. The van der Waals surface area contributed by atoms with E-state index in [9.17, 15) is 10.0 Å². The van der Waals surface area contributed by atoms with Crippen LogP contribution in [0.2, 0.25) is 0 Å². The number of amides is 1. The lowest BCUT2D eigenvalue weighted by Crippen LogP contribution is -2.51. The summed E-state index contributed by atoms with van der Waals surface area (Å²) in [6.45, 7) is 0.955. The van der Waals surface area contributed by atoms with Crippen LogP contribution in [0.4, 0.5) is 5.69 Å². The summed E-state index contributed by atoms with van der Waals surface area (Å²) in [5.41, 5.74) is 5.53. The van der Waals surface area contributed by atoms with E-state index in [0.717, 1.165) is 25.1 Å². The van der Waals surface area contributed by atoms with Gasteiger partial charge in [0.25, 0.3) is 0 Å². The van der Waals surface area contributed by atoms with Crippen LogP contribution in [0, 0.1) is 0 Å². The van der Waals surface area contributed by atoms with Crippen LogP contribution in [0.5, 0.6) is 0 Å². The normalized spacial score (nSPS) is 23.9. The number of rotatable bonds is 3. The number of hydrogen-bond acceptors (Lipinski definition) is 4. The summed E-state index contributed by atoms with van der Waals surface area (Å²) in [7, 11) is 5.16. The van der Waals surface area contributed by atoms with Gasteiger partial charge in [0.05, 0.1) is 5.56 Å². The Morgan fingerprint density at radius 1 is 1.23 bits per heavy atom. The van der Waals surface area contributed by atoms with E-state index in [1.54, 1.807) is 6.07 Å². The molecule has 3 aromatic rings. The van der Waals surface area contributed by atoms with Crippen molar-refractivity contribution in [3.63, 3.8) is 0 Å². The summed E-state index contributed by atoms with van der Waals surface area (Å²) in [6.07, 6.45) is 4.31. The summed E-state index contributed by atoms with van der Waals surface area (Å²) in [5, 5.41) is 15.1. The zero-order valence-corrected chi connectivity index (χ0v) is 17.7. The van der Waals surface area contributed by atoms with E-state index < -0.39 is 4.65 Å². The van der Waals surface area contributed by atoms with E-state index in [-0.39, 0.29) is 11.9 Å². The van der Waals surface area contributed by atoms with E-state index in [1.807, 2.05) is 18.2 Å². The summed E-state index contributed by atoms with van der Waals surface area (Å²) in [6, 6.07) is 14.9. The van der Waals surface area contributed by atoms with Crippen LogP contribution in [-0.4, -0.2) is 65.4 Å². The van der Waals surface area contributed by atoms with Gasteiger partial charge in [-0.25, -0.2) is 10.0 Å². The number of carbonyl (C=O) groups is 1. The number of piperidine rings is 1. The number of anilines is 1. The fourth-order valence-corrected chi connectivity index (χ4v) is 5.34. The number of aromatic nitrogens is 1. The average Bonchev–Trinajstić information content (AvgIpc) is 3.12. The van der Waals surface area contributed by atoms with Crippen molar-refractivity contribution in [2.45, 2.75) is 30.8 Å². The first-order valence-corrected chi connectivity index (χ1v) is 10.6. The van der Waals surface area contributed by atoms with E-state index in [4.69, 9.17) is 0 Å². The third-order valence-corrected chi connectivity index (χ3v) is 6.70. The summed E-state index contributed by atoms with van der Waals surface area (Å²) < 4.78 is -0.706. The van der Waals surface area contributed by atoms with Crippen LogP contribution in [0.3, 0.4) is 0 Å². The van der Waals surface area contributed by atoms with Crippen molar-refractivity contribution >= 4 is 22.5 Å². The Bertz CT molecular complexity index is 1110. The van der Waals surface area contributed by atoms with Crippen LogP contribution >= 0.6 is 0 Å². The molecule has 1 amide bonds. The molecule has 1 aliphatic heterocycles. The molecule has 1 saturated heterocycles. The molecule has 2 heterocycles. The van der Waals surface area contributed by atoms with Gasteiger partial charge in [0, 0.05) is 47.3 Å². The predicted molar refractivity (Wildman–Crippen MR) is 118 cm³/mol. The van der Waals surface area contributed by atoms with Gasteiger partial charge in [-0.05, 0) is 55.3 Å². The van der Waals surface area contributed by atoms with Gasteiger partial charge in [0.1, 0.15) is 14.1 Å². The van der Waals surface area contributed by atoms with E-state index >= 15 is 0 Å². The zero-order valence-electron chi connectivity index (χ0n) is 17.7. The maximum absolute atomic E-state index is 12.4. The molecule has 6 nitrogen and oxygen atoms in total. The quantitative estimate of drug-likeness (QED) is 0.354. The van der Waals surface area contributed by atoms with Crippen LogP contribution in [0.15, 0.2) is 48.7 Å². The molecular weight excluding hydrogens is 376 g/mol. The number of H-pyrrole nitrogens is 1. The Morgan fingerprint density at radius 2 is 2.03 bits per heavy atom. The smallest absolute Gasteiger partial charge is 0.377 e. The highest BCUT2D eigenvalue weighted by Crippen LogP contribution is 2.43. The van der Waals surface area contributed by atoms with Gasteiger partial charge >= 0.3 is 5.91 Å². The van der Waals surface area contributed by atoms with Crippen molar-refractivity contribution < 1.29 is 14.6 Å². The summed E-state index contributed by atoms with van der Waals surface area (Å²) >= 11 is 0. The van der Waals surface area contributed by atoms with E-state index in [1.165, 1.54) is 36.1 Å². The molecule has 3 atom stereocenters. The number of carbonyl (C=O) groups excluding carboxylic acids is 1. The molecule has 0 unspecified atom stereocenters. The largest absolute Gasteiger partial charge is 0.381 e. The zero-order chi connectivity index (χ0) is 21.0. The molecule has 0 spiro atoms. The average molecular weight is 406 g/mol. The van der Waals surface area contributed by atoms with Crippen LogP contribution in [0.1, 0.15) is 33.8 Å². The van der Waals surface area contributed by atoms with Gasteiger partial charge < -0.3 is 15.2 Å². The second-order valence-electron chi connectivity index (χ2n) is 9.26. The second kappa shape index (κ2) is 6.94. The molecule has 1 aliphatic carbocycles. The Labute approximate surface area is 176 Å². The van der Waals surface area contributed by atoms with Gasteiger partial charge in [0.15, 0.2) is 0 Å². The topological polar surface area (TPSA) is 68.4 Å². The molecule has 1 aromatic heterocycles. The highest BCUT2D eigenvalue weighted by Gasteiger charge is 2.39. The lowest BCUT2D eigenvalue weighted by Gasteiger charge is -2.46. The number of benzene rings is 2. The first-order chi connectivity index (χ1) is 14.3. The molecule has 3 N–H and O–H groups in total. The minimum atomic E-state index is -0.706. The van der Waals surface area contributed by atoms with Crippen molar-refractivity contribution in [1.82, 2.24) is 9.88 Å². The summed E-state index contributed by atoms with van der Waals surface area (Å²) in [4.78, 5) is 18.3. The van der Waals surface area contributed by atoms with Crippen LogP contribution in [-0.2, 0) is 6.42 Å². The molecule has 2 aliphatic rings. The second-order valence-corrected chi connectivity index (χ2v) is 9.26. The monoisotopic (exact) mass is 405 g/mol. The maximum Gasteiger partial charge on any atom is 0.377 e. The number of hydroxylamine groups is 3. The predicted octanol–water partition coefficient (Wildman–Crippen LogP) is 3.60. The fourth-order valence-electron chi connectivity index (χ4n) is 5.34. The number of nitrogens with one attached hydrogen (secondary N) is 2. The number of likely N-dealkylation sites (tertiary alicyclic amines) is 1. The number of fused-ring (bicyclic) bond motifs is 2. The molecular formula is C24H29N4O2+. The molecule has 0 saturated carbocycles. The minimum Gasteiger partial charge on any atom is -0.381 e. The standard InChI is InChI=1S/C24H29N4O2/c1-27-14-18(26-17-7-4-6-15(10-17)24(29)28(2,3)30)12-20-19-8-5-9-21-23(19)16(13-25-21)11-22(20)27/h4-10,13,18,20,22,25-26,30H,11-12,14H2,1-3H3/q+1/t18-,20+,22-/m1/s1. The van der Waals surface area contributed by atoms with Gasteiger partial charge in [0.2, 0.25) is 0 Å². The third-order valence-electron chi connectivity index (χ3n) is 6.70. The fraction of sp³-hybridized carbons (Fsp3) is 0.375. The Hall–Kier alpha value is -2.67. The first-order valence-electron chi connectivity index (χ1n) is 10.6. The molecule has 30 heavy (non-hydrogen) atoms. The Balaban J connectivity index is 1.41. The molecule has 1 fully saturated rings. The van der Waals surface area contributed by atoms with Crippen molar-refractivity contribution in [3.05, 3.63) is 65.4 Å². The molecule has 6 heteroatoms.